The smallest absolute Gasteiger partial charge is 0.305 e. The third kappa shape index (κ3) is 4.04. The molecule has 29 heavy (non-hydrogen) atoms. The Morgan fingerprint density at radius 2 is 2.03 bits per heavy atom. The number of aryl methyl sites for hydroxylation is 1. The van der Waals surface area contributed by atoms with Gasteiger partial charge in [-0.25, -0.2) is 14.2 Å². The number of benzene rings is 1. The summed E-state index contributed by atoms with van der Waals surface area (Å²) in [5, 5.41) is 14.4. The maximum Gasteiger partial charge on any atom is 0.305 e. The average Bonchev–Trinajstić information content (AvgIpc) is 3.29. The van der Waals surface area contributed by atoms with Crippen LogP contribution in [-0.2, 0) is 18.4 Å². The first kappa shape index (κ1) is 18.9. The van der Waals surface area contributed by atoms with Crippen LogP contribution in [-0.4, -0.2) is 52.7 Å². The summed E-state index contributed by atoms with van der Waals surface area (Å²) in [6, 6.07) is 13.4. The van der Waals surface area contributed by atoms with Gasteiger partial charge in [0.15, 0.2) is 0 Å². The van der Waals surface area contributed by atoms with Gasteiger partial charge in [0.1, 0.15) is 12.4 Å². The minimum Gasteiger partial charge on any atom is -0.458 e. The molecule has 0 atom stereocenters. The second-order valence-electron chi connectivity index (χ2n) is 6.11. The van der Waals surface area contributed by atoms with Crippen molar-refractivity contribution in [3.8, 4) is 12.0 Å². The summed E-state index contributed by atoms with van der Waals surface area (Å²) >= 11 is 1.45. The first-order valence-electron chi connectivity index (χ1n) is 8.73. The average molecular weight is 410 g/mol. The number of ether oxygens (including phenoxy) is 1. The van der Waals surface area contributed by atoms with E-state index in [0.29, 0.717) is 29.2 Å². The van der Waals surface area contributed by atoms with E-state index >= 15 is 0 Å². The second-order valence-corrected chi connectivity index (χ2v) is 6.97. The molecule has 0 fully saturated rings. The number of tetrazole rings is 1. The van der Waals surface area contributed by atoms with Gasteiger partial charge in [-0.3, -0.25) is 4.79 Å². The lowest BCUT2D eigenvalue weighted by molar-refractivity contribution is -0.113. The van der Waals surface area contributed by atoms with E-state index in [1.54, 1.807) is 22.4 Å². The van der Waals surface area contributed by atoms with E-state index in [1.165, 1.54) is 11.8 Å². The van der Waals surface area contributed by atoms with Crippen molar-refractivity contribution in [2.45, 2.75) is 6.61 Å². The zero-order chi connectivity index (χ0) is 20.2. The Bertz CT molecular complexity index is 1160. The van der Waals surface area contributed by atoms with Crippen molar-refractivity contribution in [2.75, 3.05) is 17.3 Å². The number of imidazole rings is 1. The Morgan fingerprint density at radius 3 is 2.83 bits per heavy atom. The van der Waals surface area contributed by atoms with E-state index in [2.05, 4.69) is 30.8 Å². The summed E-state index contributed by atoms with van der Waals surface area (Å²) in [6.45, 7) is 0.168. The van der Waals surface area contributed by atoms with Crippen molar-refractivity contribution in [1.29, 1.82) is 0 Å². The van der Waals surface area contributed by atoms with Gasteiger partial charge in [-0.15, -0.1) is 0 Å². The first-order valence-corrected chi connectivity index (χ1v) is 10.1. The molecule has 10 nitrogen and oxygen atoms in total. The van der Waals surface area contributed by atoms with Gasteiger partial charge in [0.25, 0.3) is 5.95 Å². The van der Waals surface area contributed by atoms with Crippen molar-refractivity contribution in [2.24, 2.45) is 7.05 Å². The molecule has 0 saturated carbocycles. The number of fused-ring (bicyclic) bond motifs is 1. The molecule has 1 aromatic carbocycles. The van der Waals surface area contributed by atoms with Crippen LogP contribution < -0.4 is 10.1 Å². The fraction of sp³-hybridized carbons (Fsp3) is 0.222. The monoisotopic (exact) mass is 410 g/mol. The molecule has 0 aliphatic heterocycles. The molecule has 4 rings (SSSR count). The Balaban J connectivity index is 1.59. The van der Waals surface area contributed by atoms with Crippen LogP contribution >= 0.6 is 11.8 Å². The SMILES string of the molecule is CSCC(=O)Nc1cccc(COc2nc3ccccc3n2-c2nnnn2C)n1. The number of rotatable bonds is 7. The van der Waals surface area contributed by atoms with Gasteiger partial charge in [0.2, 0.25) is 5.91 Å². The number of thioether (sulfide) groups is 1. The lowest BCUT2D eigenvalue weighted by Gasteiger charge is -2.09. The fourth-order valence-corrected chi connectivity index (χ4v) is 3.12. The van der Waals surface area contributed by atoms with Crippen LogP contribution in [0.25, 0.3) is 17.0 Å². The van der Waals surface area contributed by atoms with E-state index in [-0.39, 0.29) is 12.5 Å². The summed E-state index contributed by atoms with van der Waals surface area (Å²) in [4.78, 5) is 20.7. The maximum atomic E-state index is 11.8. The third-order valence-corrected chi connectivity index (χ3v) is 4.58. The summed E-state index contributed by atoms with van der Waals surface area (Å²) < 4.78 is 9.25. The highest BCUT2D eigenvalue weighted by Crippen LogP contribution is 2.25. The zero-order valence-electron chi connectivity index (χ0n) is 15.8. The topological polar surface area (TPSA) is 113 Å². The molecule has 3 heterocycles. The number of carbonyl (C=O) groups is 1. The van der Waals surface area contributed by atoms with Crippen LogP contribution in [0.2, 0.25) is 0 Å². The van der Waals surface area contributed by atoms with Crippen LogP contribution in [0.3, 0.4) is 0 Å². The van der Waals surface area contributed by atoms with Crippen molar-refractivity contribution in [3.05, 3.63) is 48.2 Å². The molecular weight excluding hydrogens is 392 g/mol. The highest BCUT2D eigenvalue weighted by molar-refractivity contribution is 7.99. The van der Waals surface area contributed by atoms with E-state index in [0.717, 1.165) is 11.0 Å². The molecule has 0 spiro atoms. The van der Waals surface area contributed by atoms with Gasteiger partial charge in [-0.05, 0) is 40.9 Å². The Labute approximate surface area is 170 Å². The number of nitrogens with one attached hydrogen (secondary N) is 1. The summed E-state index contributed by atoms with van der Waals surface area (Å²) in [5.74, 6) is 1.24. The quantitative estimate of drug-likeness (QED) is 0.491. The molecule has 11 heteroatoms. The van der Waals surface area contributed by atoms with Gasteiger partial charge in [0.05, 0.1) is 22.5 Å². The zero-order valence-corrected chi connectivity index (χ0v) is 16.6. The molecule has 0 radical (unpaired) electrons. The molecular formula is C18H18N8O2S. The van der Waals surface area contributed by atoms with E-state index in [1.807, 2.05) is 42.7 Å². The summed E-state index contributed by atoms with van der Waals surface area (Å²) in [7, 11) is 1.75. The predicted molar refractivity (Wildman–Crippen MR) is 109 cm³/mol. The molecule has 0 bridgehead atoms. The standard InChI is InChI=1S/C18H18N8O2S/c1-25-17(22-23-24-25)26-14-8-4-3-7-13(14)20-18(26)28-10-12-6-5-9-15(19-12)21-16(27)11-29-2/h3-9H,10-11H2,1-2H3,(H,19,21,27). The molecule has 1 amide bonds. The Kier molecular flexibility index (Phi) is 5.38. The van der Waals surface area contributed by atoms with Gasteiger partial charge in [-0.1, -0.05) is 23.3 Å². The molecule has 4 aromatic rings. The van der Waals surface area contributed by atoms with Gasteiger partial charge in [0, 0.05) is 7.05 Å². The van der Waals surface area contributed by atoms with Crippen molar-refractivity contribution in [3.63, 3.8) is 0 Å². The van der Waals surface area contributed by atoms with Crippen LogP contribution in [0.5, 0.6) is 6.01 Å². The minimum atomic E-state index is -0.0976. The number of amides is 1. The predicted octanol–water partition coefficient (Wildman–Crippen LogP) is 1.82. The number of para-hydroxylation sites is 2. The molecule has 0 unspecified atom stereocenters. The highest BCUT2D eigenvalue weighted by Gasteiger charge is 2.18. The van der Waals surface area contributed by atoms with Gasteiger partial charge in [-0.2, -0.15) is 16.7 Å². The summed E-state index contributed by atoms with van der Waals surface area (Å²) in [6.07, 6.45) is 1.87. The number of aromatic nitrogens is 7. The lowest BCUT2D eigenvalue weighted by atomic mass is 10.3. The van der Waals surface area contributed by atoms with Gasteiger partial charge >= 0.3 is 6.01 Å². The van der Waals surface area contributed by atoms with Crippen LogP contribution in [0, 0.1) is 0 Å². The number of nitrogens with zero attached hydrogens (tertiary/aromatic N) is 7. The van der Waals surface area contributed by atoms with E-state index < -0.39 is 0 Å². The fourth-order valence-electron chi connectivity index (χ4n) is 2.79. The van der Waals surface area contributed by atoms with Crippen LogP contribution in [0.1, 0.15) is 5.69 Å². The van der Waals surface area contributed by atoms with Crippen LogP contribution in [0.15, 0.2) is 42.5 Å². The normalized spacial score (nSPS) is 11.0. The molecule has 0 saturated heterocycles. The maximum absolute atomic E-state index is 11.8. The van der Waals surface area contributed by atoms with Crippen molar-refractivity contribution >= 4 is 34.5 Å². The second kappa shape index (κ2) is 8.27. The molecule has 148 valence electrons. The van der Waals surface area contributed by atoms with E-state index in [4.69, 9.17) is 4.74 Å². The van der Waals surface area contributed by atoms with E-state index in [9.17, 15) is 4.79 Å². The molecule has 1 N–H and O–H groups in total. The number of hydrogen-bond acceptors (Lipinski definition) is 8. The largest absolute Gasteiger partial charge is 0.458 e. The number of carbonyl (C=O) groups excluding carboxylic acids is 1. The molecule has 3 aromatic heterocycles. The number of hydrogen-bond donors (Lipinski definition) is 1. The van der Waals surface area contributed by atoms with Crippen LogP contribution in [0.4, 0.5) is 5.82 Å². The highest BCUT2D eigenvalue weighted by atomic mass is 32.2. The third-order valence-electron chi connectivity index (χ3n) is 4.03. The van der Waals surface area contributed by atoms with Crippen molar-refractivity contribution in [1.82, 2.24) is 34.7 Å². The Hall–Kier alpha value is -3.47. The molecule has 0 aliphatic rings. The van der Waals surface area contributed by atoms with Gasteiger partial charge < -0.3 is 10.1 Å². The molecule has 0 aliphatic carbocycles. The number of anilines is 1. The number of pyridine rings is 1. The van der Waals surface area contributed by atoms with Crippen molar-refractivity contribution < 1.29 is 9.53 Å². The Morgan fingerprint density at radius 1 is 1.17 bits per heavy atom. The summed E-state index contributed by atoms with van der Waals surface area (Å²) in [5.41, 5.74) is 2.24. The minimum absolute atomic E-state index is 0.0976. The first-order chi connectivity index (χ1) is 14.2. The lowest BCUT2D eigenvalue weighted by Crippen LogP contribution is -2.15.